The highest BCUT2D eigenvalue weighted by atomic mass is 16.4. The normalized spacial score (nSPS) is 19.6. The number of nitrogens with zero attached hydrogens (tertiary/aromatic N) is 2. The summed E-state index contributed by atoms with van der Waals surface area (Å²) in [5.74, 6) is 0.231. The number of hydrogen-bond acceptors (Lipinski definition) is 2. The summed E-state index contributed by atoms with van der Waals surface area (Å²) in [5.41, 5.74) is 0. The predicted octanol–water partition coefficient (Wildman–Crippen LogP) is 1.78. The van der Waals surface area contributed by atoms with Gasteiger partial charge >= 0.3 is 6.09 Å². The van der Waals surface area contributed by atoms with Crippen LogP contribution in [-0.4, -0.2) is 53.1 Å². The Balaban J connectivity index is 0.000000171. The Morgan fingerprint density at radius 3 is 1.53 bits per heavy atom. The lowest BCUT2D eigenvalue weighted by Gasteiger charge is -2.24. The molecular weight excluding hydrogens is 220 g/mol. The Morgan fingerprint density at radius 2 is 1.24 bits per heavy atom. The number of hydrogen-bond donors (Lipinski definition) is 1. The fourth-order valence-corrected chi connectivity index (χ4v) is 2.12. The molecule has 2 heterocycles. The van der Waals surface area contributed by atoms with Gasteiger partial charge in [-0.1, -0.05) is 0 Å². The molecule has 2 saturated heterocycles. The van der Waals surface area contributed by atoms with Crippen molar-refractivity contribution < 1.29 is 14.7 Å². The number of amides is 2. The molecule has 5 heteroatoms. The van der Waals surface area contributed by atoms with E-state index in [1.807, 2.05) is 4.90 Å². The number of carboxylic acid groups (broad SMARTS) is 1. The molecule has 2 fully saturated rings. The fraction of sp³-hybridized carbons (Fsp3) is 0.833. The summed E-state index contributed by atoms with van der Waals surface area (Å²) >= 11 is 0. The maximum Gasteiger partial charge on any atom is 0.407 e. The molecule has 1 N–H and O–H groups in total. The van der Waals surface area contributed by atoms with Crippen molar-refractivity contribution in [2.45, 2.75) is 39.0 Å². The smallest absolute Gasteiger partial charge is 0.407 e. The van der Waals surface area contributed by atoms with Crippen molar-refractivity contribution in [2.75, 3.05) is 26.2 Å². The Morgan fingerprint density at radius 1 is 0.824 bits per heavy atom. The van der Waals surface area contributed by atoms with Gasteiger partial charge in [0.25, 0.3) is 0 Å². The molecule has 0 aliphatic carbocycles. The molecule has 0 radical (unpaired) electrons. The molecule has 17 heavy (non-hydrogen) atoms. The second-order valence-electron chi connectivity index (χ2n) is 4.54. The van der Waals surface area contributed by atoms with Crippen molar-refractivity contribution >= 4 is 12.0 Å². The van der Waals surface area contributed by atoms with Crippen molar-refractivity contribution in [2.24, 2.45) is 0 Å². The van der Waals surface area contributed by atoms with Crippen LogP contribution in [0, 0.1) is 0 Å². The minimum absolute atomic E-state index is 0.231. The molecular formula is C12H22N2O3. The minimum Gasteiger partial charge on any atom is -0.465 e. The van der Waals surface area contributed by atoms with Gasteiger partial charge < -0.3 is 14.9 Å². The van der Waals surface area contributed by atoms with Gasteiger partial charge in [-0.2, -0.15) is 0 Å². The van der Waals surface area contributed by atoms with E-state index < -0.39 is 6.09 Å². The third-order valence-electron chi connectivity index (χ3n) is 3.18. The highest BCUT2D eigenvalue weighted by Crippen LogP contribution is 2.07. The van der Waals surface area contributed by atoms with Gasteiger partial charge in [0, 0.05) is 33.1 Å². The molecule has 2 aliphatic heterocycles. The molecule has 0 atom stereocenters. The summed E-state index contributed by atoms with van der Waals surface area (Å²) in [4.78, 5) is 24.2. The van der Waals surface area contributed by atoms with Crippen LogP contribution in [0.1, 0.15) is 39.0 Å². The SMILES string of the molecule is CC(=O)N1CCCCC1.O=C(O)N1CCCC1. The summed E-state index contributed by atoms with van der Waals surface area (Å²) in [6.07, 6.45) is 4.98. The van der Waals surface area contributed by atoms with Gasteiger partial charge in [0.15, 0.2) is 0 Å². The number of likely N-dealkylation sites (tertiary alicyclic amines) is 2. The van der Waals surface area contributed by atoms with E-state index in [-0.39, 0.29) is 5.91 Å². The average molecular weight is 242 g/mol. The molecule has 5 nitrogen and oxygen atoms in total. The summed E-state index contributed by atoms with van der Waals surface area (Å²) in [5, 5.41) is 8.34. The van der Waals surface area contributed by atoms with Gasteiger partial charge in [-0.25, -0.2) is 4.79 Å². The van der Waals surface area contributed by atoms with Crippen LogP contribution >= 0.6 is 0 Å². The van der Waals surface area contributed by atoms with Crippen LogP contribution < -0.4 is 0 Å². The predicted molar refractivity (Wildman–Crippen MR) is 64.9 cm³/mol. The molecule has 0 spiro atoms. The van der Waals surface area contributed by atoms with Gasteiger partial charge in [0.1, 0.15) is 0 Å². The lowest BCUT2D eigenvalue weighted by atomic mass is 10.1. The van der Waals surface area contributed by atoms with Crippen molar-refractivity contribution in [1.29, 1.82) is 0 Å². The van der Waals surface area contributed by atoms with Crippen LogP contribution in [0.5, 0.6) is 0 Å². The van der Waals surface area contributed by atoms with Gasteiger partial charge in [-0.15, -0.1) is 0 Å². The summed E-state index contributed by atoms with van der Waals surface area (Å²) in [6, 6.07) is 0. The number of carbonyl (C=O) groups excluding carboxylic acids is 1. The van der Waals surface area contributed by atoms with Crippen molar-refractivity contribution in [3.63, 3.8) is 0 Å². The molecule has 0 aromatic carbocycles. The van der Waals surface area contributed by atoms with Crippen LogP contribution in [-0.2, 0) is 4.79 Å². The summed E-state index contributed by atoms with van der Waals surface area (Å²) in [7, 11) is 0. The first-order valence-electron chi connectivity index (χ1n) is 6.34. The van der Waals surface area contributed by atoms with Gasteiger partial charge in [0.2, 0.25) is 5.91 Å². The van der Waals surface area contributed by atoms with E-state index in [0.29, 0.717) is 0 Å². The Hall–Kier alpha value is -1.26. The molecule has 0 aromatic rings. The summed E-state index contributed by atoms with van der Waals surface area (Å²) in [6.45, 7) is 5.07. The van der Waals surface area contributed by atoms with E-state index >= 15 is 0 Å². The molecule has 2 amide bonds. The molecule has 0 bridgehead atoms. The van der Waals surface area contributed by atoms with Gasteiger partial charge in [-0.05, 0) is 32.1 Å². The quantitative estimate of drug-likeness (QED) is 0.704. The maximum absolute atomic E-state index is 10.7. The highest BCUT2D eigenvalue weighted by Gasteiger charge is 2.15. The Kier molecular flexibility index (Phi) is 5.80. The lowest BCUT2D eigenvalue weighted by molar-refractivity contribution is -0.129. The highest BCUT2D eigenvalue weighted by molar-refractivity contribution is 5.73. The first-order valence-corrected chi connectivity index (χ1v) is 6.34. The van der Waals surface area contributed by atoms with E-state index in [1.54, 1.807) is 6.92 Å². The zero-order valence-electron chi connectivity index (χ0n) is 10.5. The van der Waals surface area contributed by atoms with E-state index in [9.17, 15) is 9.59 Å². The topological polar surface area (TPSA) is 60.9 Å². The van der Waals surface area contributed by atoms with Crippen molar-refractivity contribution in [3.05, 3.63) is 0 Å². The number of piperidine rings is 1. The van der Waals surface area contributed by atoms with Crippen molar-refractivity contribution in [1.82, 2.24) is 9.80 Å². The van der Waals surface area contributed by atoms with Gasteiger partial charge in [-0.3, -0.25) is 4.79 Å². The largest absolute Gasteiger partial charge is 0.465 e. The maximum atomic E-state index is 10.7. The third kappa shape index (κ3) is 5.06. The van der Waals surface area contributed by atoms with Crippen LogP contribution in [0.4, 0.5) is 4.79 Å². The zero-order chi connectivity index (χ0) is 12.7. The fourth-order valence-electron chi connectivity index (χ4n) is 2.12. The van der Waals surface area contributed by atoms with E-state index in [2.05, 4.69) is 0 Å². The molecule has 0 aromatic heterocycles. The molecule has 98 valence electrons. The van der Waals surface area contributed by atoms with Crippen LogP contribution in [0.25, 0.3) is 0 Å². The van der Waals surface area contributed by atoms with Crippen molar-refractivity contribution in [3.8, 4) is 0 Å². The standard InChI is InChI=1S/C7H13NO.C5H9NO2/c1-7(9)8-5-3-2-4-6-8;7-5(8)6-3-1-2-4-6/h2-6H2,1H3;1-4H2,(H,7,8). The van der Waals surface area contributed by atoms with E-state index in [1.165, 1.54) is 24.2 Å². The molecule has 0 unspecified atom stereocenters. The summed E-state index contributed by atoms with van der Waals surface area (Å²) < 4.78 is 0. The second kappa shape index (κ2) is 7.14. The monoisotopic (exact) mass is 242 g/mol. The number of rotatable bonds is 0. The zero-order valence-corrected chi connectivity index (χ0v) is 10.5. The third-order valence-corrected chi connectivity index (χ3v) is 3.18. The second-order valence-corrected chi connectivity index (χ2v) is 4.54. The van der Waals surface area contributed by atoms with Crippen LogP contribution in [0.3, 0.4) is 0 Å². The number of carbonyl (C=O) groups is 2. The van der Waals surface area contributed by atoms with E-state index in [4.69, 9.17) is 5.11 Å². The Bertz CT molecular complexity index is 256. The van der Waals surface area contributed by atoms with E-state index in [0.717, 1.165) is 39.0 Å². The molecule has 2 rings (SSSR count). The lowest BCUT2D eigenvalue weighted by Crippen LogP contribution is -2.33. The minimum atomic E-state index is -0.775. The first-order chi connectivity index (χ1) is 8.11. The van der Waals surface area contributed by atoms with Crippen LogP contribution in [0.2, 0.25) is 0 Å². The van der Waals surface area contributed by atoms with Gasteiger partial charge in [0.05, 0.1) is 0 Å². The average Bonchev–Trinajstić information content (AvgIpc) is 2.84. The molecule has 2 aliphatic rings. The van der Waals surface area contributed by atoms with Crippen LogP contribution in [0.15, 0.2) is 0 Å². The Labute approximate surface area is 102 Å². The first kappa shape index (κ1) is 13.8. The molecule has 0 saturated carbocycles.